The van der Waals surface area contributed by atoms with Crippen LogP contribution in [0.5, 0.6) is 46.0 Å². The van der Waals surface area contributed by atoms with Gasteiger partial charge in [0.2, 0.25) is 0 Å². The van der Waals surface area contributed by atoms with Crippen LogP contribution in [0.4, 0.5) is 0 Å². The van der Waals surface area contributed by atoms with E-state index >= 15 is 0 Å². The highest BCUT2D eigenvalue weighted by Gasteiger charge is 2.17. The lowest BCUT2D eigenvalue weighted by molar-refractivity contribution is 0.475. The second-order valence-corrected chi connectivity index (χ2v) is 32.2. The quantitative estimate of drug-likeness (QED) is 0.0566. The van der Waals surface area contributed by atoms with Gasteiger partial charge in [-0.2, -0.15) is 0 Å². The van der Waals surface area contributed by atoms with Crippen LogP contribution in [-0.2, 0) is 0 Å². The van der Waals surface area contributed by atoms with E-state index in [-0.39, 0.29) is 0 Å². The van der Waals surface area contributed by atoms with Gasteiger partial charge < -0.3 is 40.9 Å². The molecule has 0 aliphatic rings. The monoisotopic (exact) mass is 1790 g/mol. The first-order chi connectivity index (χ1) is 67.8. The van der Waals surface area contributed by atoms with E-state index in [1.54, 1.807) is 42.5 Å². The number of hydrogen-bond acceptors (Lipinski definition) is 8. The van der Waals surface area contributed by atoms with Crippen LogP contribution >= 0.6 is 0 Å². The Morgan fingerprint density at radius 2 is 0.333 bits per heavy atom. The van der Waals surface area contributed by atoms with Gasteiger partial charge in [-0.05, 0) is 184 Å². The van der Waals surface area contributed by atoms with Crippen LogP contribution in [-0.4, -0.2) is 40.9 Å². The molecule has 8 nitrogen and oxygen atoms in total. The third kappa shape index (κ3) is 26.0. The highest BCUT2D eigenvalue weighted by molar-refractivity contribution is 5.90. The minimum absolute atomic E-state index is 0.292. The molecule has 0 amide bonds. The van der Waals surface area contributed by atoms with Crippen molar-refractivity contribution >= 4 is 10.8 Å². The van der Waals surface area contributed by atoms with Gasteiger partial charge in [-0.25, -0.2) is 0 Å². The number of hydrogen-bond donors (Lipinski definition) is 8. The van der Waals surface area contributed by atoms with Crippen molar-refractivity contribution in [2.45, 2.75) is 0 Å². The van der Waals surface area contributed by atoms with Crippen LogP contribution < -0.4 is 0 Å². The molecule has 0 saturated heterocycles. The van der Waals surface area contributed by atoms with Crippen LogP contribution in [0.2, 0.25) is 0 Å². The van der Waals surface area contributed by atoms with Gasteiger partial charge in [0.25, 0.3) is 0 Å². The van der Waals surface area contributed by atoms with Crippen molar-refractivity contribution in [1.29, 1.82) is 0 Å². The summed E-state index contributed by atoms with van der Waals surface area (Å²) in [5, 5.41) is 81.8. The van der Waals surface area contributed by atoms with E-state index in [0.29, 0.717) is 46.0 Å². The summed E-state index contributed by atoms with van der Waals surface area (Å²) in [6.07, 6.45) is 0. The van der Waals surface area contributed by atoms with Crippen molar-refractivity contribution in [2.75, 3.05) is 0 Å². The van der Waals surface area contributed by atoms with E-state index in [4.69, 9.17) is 0 Å². The third-order valence-electron chi connectivity index (χ3n) is 22.8. The number of aromatic hydroxyl groups is 8. The Bertz CT molecular complexity index is 7270. The van der Waals surface area contributed by atoms with Crippen molar-refractivity contribution in [2.24, 2.45) is 0 Å². The Balaban J connectivity index is 0.000000121. The average Bonchev–Trinajstić information content (AvgIpc) is 0.783. The molecule has 0 saturated carbocycles. The summed E-state index contributed by atoms with van der Waals surface area (Å²) in [5.74, 6) is 2.55. The van der Waals surface area contributed by atoms with Crippen molar-refractivity contribution in [3.63, 3.8) is 0 Å². The Kier molecular flexibility index (Phi) is 33.2. The SMILES string of the molecule is Oc1c(-c2ccccc2)cc(-c2ccccc2)cc1-c1ccccc1.Oc1c(-c2ccccc2)cccc1-c1ccccc1.Oc1cc(-c2ccccc2)cc(-c2ccccc2)c1.Oc1cc(-c2ccccc2)ccc1-c1ccccc1.Oc1ccc(-c2ccccc2)cc1-c1ccccc1.Oc1cccc(-c2ccccc2)c1.Oc1cccc2ccccc12.Oc1ccccc1-c1ccccc1. The molecule has 138 heavy (non-hydrogen) atoms. The molecule has 22 aromatic rings. The van der Waals surface area contributed by atoms with E-state index in [1.807, 2.05) is 485 Å². The Hall–Kier alpha value is -18.5. The summed E-state index contributed by atoms with van der Waals surface area (Å²) in [6.45, 7) is 0. The van der Waals surface area contributed by atoms with Gasteiger partial charge in [-0.1, -0.05) is 497 Å². The molecule has 8 heteroatoms. The zero-order valence-corrected chi connectivity index (χ0v) is 75.8. The fourth-order valence-electron chi connectivity index (χ4n) is 15.8. The zero-order chi connectivity index (χ0) is 95.3. The largest absolute Gasteiger partial charge is 0.508 e. The lowest BCUT2D eigenvalue weighted by Crippen LogP contribution is -1.88. The van der Waals surface area contributed by atoms with E-state index in [1.165, 1.54) is 0 Å². The maximum absolute atomic E-state index is 11.0. The molecule has 8 N–H and O–H groups in total. The first kappa shape index (κ1) is 94.2. The summed E-state index contributed by atoms with van der Waals surface area (Å²) < 4.78 is 0. The molecule has 0 atom stereocenters. The van der Waals surface area contributed by atoms with Crippen LogP contribution in [0.1, 0.15) is 0 Å². The predicted molar refractivity (Wildman–Crippen MR) is 573 cm³/mol. The molecule has 0 radical (unpaired) electrons. The maximum Gasteiger partial charge on any atom is 0.131 e. The van der Waals surface area contributed by atoms with Gasteiger partial charge in [-0.3, -0.25) is 0 Å². The molecular weight excluding hydrogens is 1690 g/mol. The first-order valence-corrected chi connectivity index (χ1v) is 45.5. The van der Waals surface area contributed by atoms with Crippen LogP contribution in [0.25, 0.3) is 155 Å². The number of fused-ring (bicyclic) bond motifs is 1. The van der Waals surface area contributed by atoms with E-state index in [9.17, 15) is 40.9 Å². The molecule has 0 fully saturated rings. The summed E-state index contributed by atoms with van der Waals surface area (Å²) in [4.78, 5) is 0. The van der Waals surface area contributed by atoms with Gasteiger partial charge >= 0.3 is 0 Å². The molecule has 0 spiro atoms. The number of rotatable bonds is 13. The predicted octanol–water partition coefficient (Wildman–Crippen LogP) is 34.0. The fourth-order valence-corrected chi connectivity index (χ4v) is 15.8. The normalized spacial score (nSPS) is 10.3. The van der Waals surface area contributed by atoms with E-state index in [0.717, 1.165) is 155 Å². The topological polar surface area (TPSA) is 162 Å². The van der Waals surface area contributed by atoms with Crippen molar-refractivity contribution in [1.82, 2.24) is 0 Å². The first-order valence-electron chi connectivity index (χ1n) is 45.5. The van der Waals surface area contributed by atoms with Gasteiger partial charge in [0, 0.05) is 44.3 Å². The minimum Gasteiger partial charge on any atom is -0.508 e. The second-order valence-electron chi connectivity index (χ2n) is 32.2. The van der Waals surface area contributed by atoms with Gasteiger partial charge in [0.15, 0.2) is 0 Å². The Morgan fingerprint density at radius 1 is 0.101 bits per heavy atom. The second kappa shape index (κ2) is 48.6. The highest BCUT2D eigenvalue weighted by Crippen LogP contribution is 2.44. The van der Waals surface area contributed by atoms with Gasteiger partial charge in [-0.15, -0.1) is 0 Å². The molecule has 0 unspecified atom stereocenters. The smallest absolute Gasteiger partial charge is 0.131 e. The molecule has 22 aromatic carbocycles. The molecule has 0 bridgehead atoms. The maximum atomic E-state index is 11.0. The minimum atomic E-state index is 0.292. The number of benzene rings is 22. The molecule has 670 valence electrons. The van der Waals surface area contributed by atoms with E-state index < -0.39 is 0 Å². The molecule has 0 aromatic heterocycles. The number of para-hydroxylation sites is 2. The van der Waals surface area contributed by atoms with Crippen molar-refractivity contribution in [3.05, 3.63) is 570 Å². The van der Waals surface area contributed by atoms with Crippen LogP contribution in [0.3, 0.4) is 0 Å². The lowest BCUT2D eigenvalue weighted by atomic mass is 9.92. The third-order valence-corrected chi connectivity index (χ3v) is 22.8. The Labute approximate surface area is 807 Å². The van der Waals surface area contributed by atoms with Crippen LogP contribution in [0, 0.1) is 0 Å². The van der Waals surface area contributed by atoms with Gasteiger partial charge in [0.05, 0.1) is 0 Å². The molecule has 0 aliphatic heterocycles. The summed E-state index contributed by atoms with van der Waals surface area (Å²) in [7, 11) is 0. The number of phenols is 8. The van der Waals surface area contributed by atoms with Crippen LogP contribution in [0.15, 0.2) is 570 Å². The molecule has 0 aliphatic carbocycles. The van der Waals surface area contributed by atoms with Crippen molar-refractivity contribution < 1.29 is 40.9 Å². The van der Waals surface area contributed by atoms with Gasteiger partial charge in [0.1, 0.15) is 46.0 Å². The molecule has 22 rings (SSSR count). The standard InChI is InChI=1S/C24H18O.4C18H14O.2C12H10O.C10H8O/c25-24-22(19-12-6-2-7-13-19)16-21(18-10-4-1-5-11-18)17-23(24)20-14-8-3-9-15-20;19-18-16(14-8-3-1-4-9-14)12-7-13-17(18)15-10-5-2-6-11-15;19-18-12-16(14-7-3-1-4-8-14)11-17(13-18)15-9-5-2-6-10-15;19-18-12-11-16(14-7-3-1-4-8-14)13-17(18)15-9-5-2-6-10-15;19-18-13-16(14-7-3-1-4-8-14)11-12-17(18)15-9-5-2-6-10-15;13-12-9-5-4-8-11(12)10-6-2-1-3-7-10;13-12-8-4-7-11(9-12)10-5-2-1-3-6-10;11-10-7-3-5-8-4-1-2-6-9(8)10/h1-17,25H;4*1-13,19H;2*1-9,13H;1-7,11H. The summed E-state index contributed by atoms with van der Waals surface area (Å²) >= 11 is 0. The average molecular weight is 1790 g/mol. The highest BCUT2D eigenvalue weighted by atomic mass is 16.3. The van der Waals surface area contributed by atoms with E-state index in [2.05, 4.69) is 42.5 Å². The zero-order valence-electron chi connectivity index (χ0n) is 75.8. The molecule has 0 heterocycles. The number of phenolic OH excluding ortho intramolecular Hbond substituents is 8. The summed E-state index contributed by atoms with van der Waals surface area (Å²) in [5.41, 5.74) is 26.2. The fraction of sp³-hybridized carbons (Fsp3) is 0. The van der Waals surface area contributed by atoms with Crippen molar-refractivity contribution in [3.8, 4) is 191 Å². The molecular formula is C130H102O8. The Morgan fingerprint density at radius 3 is 0.710 bits per heavy atom. The summed E-state index contributed by atoms with van der Waals surface area (Å²) in [6, 6.07) is 185. The lowest BCUT2D eigenvalue weighted by Gasteiger charge is -2.14.